The van der Waals surface area contributed by atoms with Crippen molar-refractivity contribution in [3.63, 3.8) is 0 Å². The first-order valence-corrected chi connectivity index (χ1v) is 10.0. The molecule has 0 atom stereocenters. The van der Waals surface area contributed by atoms with E-state index in [0.29, 0.717) is 30.2 Å². The van der Waals surface area contributed by atoms with Crippen LogP contribution < -0.4 is 0 Å². The molecule has 0 aliphatic carbocycles. The number of nitrogens with zero attached hydrogens (tertiary/aromatic N) is 5. The van der Waals surface area contributed by atoms with Gasteiger partial charge >= 0.3 is 0 Å². The summed E-state index contributed by atoms with van der Waals surface area (Å²) in [7, 11) is 0. The van der Waals surface area contributed by atoms with Crippen LogP contribution in [0.2, 0.25) is 0 Å². The average Bonchev–Trinajstić information content (AvgIpc) is 3.16. The van der Waals surface area contributed by atoms with E-state index in [0.717, 1.165) is 19.6 Å². The van der Waals surface area contributed by atoms with Crippen LogP contribution >= 0.6 is 0 Å². The maximum atomic E-state index is 13.2. The van der Waals surface area contributed by atoms with Gasteiger partial charge < -0.3 is 4.90 Å². The molecular formula is C23H24FN5O. The van der Waals surface area contributed by atoms with Crippen molar-refractivity contribution in [1.82, 2.24) is 24.8 Å². The third-order valence-electron chi connectivity index (χ3n) is 5.30. The van der Waals surface area contributed by atoms with Crippen LogP contribution in [0.4, 0.5) is 4.39 Å². The summed E-state index contributed by atoms with van der Waals surface area (Å²) in [5.74, 6) is -0.426. The van der Waals surface area contributed by atoms with E-state index in [4.69, 9.17) is 0 Å². The summed E-state index contributed by atoms with van der Waals surface area (Å²) in [6.45, 7) is 5.60. The number of carbonyl (C=O) groups excluding carboxylic acids is 1. The zero-order chi connectivity index (χ0) is 20.9. The Morgan fingerprint density at radius 2 is 1.73 bits per heavy atom. The highest BCUT2D eigenvalue weighted by molar-refractivity contribution is 5.93. The number of rotatable bonds is 5. The molecule has 1 aliphatic rings. The van der Waals surface area contributed by atoms with Crippen LogP contribution in [0.5, 0.6) is 0 Å². The topological polar surface area (TPSA) is 54.3 Å². The van der Waals surface area contributed by atoms with Crippen LogP contribution in [0.15, 0.2) is 60.7 Å². The number of carbonyl (C=O) groups is 1. The molecule has 0 saturated carbocycles. The van der Waals surface area contributed by atoms with Crippen molar-refractivity contribution in [2.45, 2.75) is 6.92 Å². The first-order chi connectivity index (χ1) is 14.6. The van der Waals surface area contributed by atoms with Gasteiger partial charge in [-0.05, 0) is 36.8 Å². The second kappa shape index (κ2) is 9.00. The Bertz CT molecular complexity index is 1020. The summed E-state index contributed by atoms with van der Waals surface area (Å²) >= 11 is 0. The summed E-state index contributed by atoms with van der Waals surface area (Å²) in [4.78, 5) is 17.1. The van der Waals surface area contributed by atoms with Gasteiger partial charge in [0, 0.05) is 32.7 Å². The first kappa shape index (κ1) is 20.0. The molecule has 1 saturated heterocycles. The summed E-state index contributed by atoms with van der Waals surface area (Å²) in [6, 6.07) is 16.2. The smallest absolute Gasteiger partial charge is 0.276 e. The molecule has 6 nitrogen and oxygen atoms in total. The van der Waals surface area contributed by atoms with Crippen LogP contribution in [-0.2, 0) is 0 Å². The van der Waals surface area contributed by atoms with E-state index in [1.165, 1.54) is 17.7 Å². The zero-order valence-corrected chi connectivity index (χ0v) is 16.9. The van der Waals surface area contributed by atoms with Crippen molar-refractivity contribution >= 4 is 12.0 Å². The summed E-state index contributed by atoms with van der Waals surface area (Å²) in [5, 5.41) is 8.19. The van der Waals surface area contributed by atoms with Gasteiger partial charge in [-0.15, -0.1) is 5.10 Å². The van der Waals surface area contributed by atoms with Gasteiger partial charge in [0.1, 0.15) is 5.82 Å². The van der Waals surface area contributed by atoms with Crippen molar-refractivity contribution in [2.24, 2.45) is 0 Å². The van der Waals surface area contributed by atoms with E-state index in [-0.39, 0.29) is 11.7 Å². The molecule has 1 fully saturated rings. The largest absolute Gasteiger partial charge is 0.335 e. The Morgan fingerprint density at radius 3 is 2.43 bits per heavy atom. The maximum Gasteiger partial charge on any atom is 0.276 e. The quantitative estimate of drug-likeness (QED) is 0.654. The first-order valence-electron chi connectivity index (χ1n) is 10.0. The highest BCUT2D eigenvalue weighted by Gasteiger charge is 2.26. The van der Waals surface area contributed by atoms with E-state index in [9.17, 15) is 9.18 Å². The number of hydrogen-bond donors (Lipinski definition) is 0. The number of piperazine rings is 1. The summed E-state index contributed by atoms with van der Waals surface area (Å²) < 4.78 is 14.7. The molecule has 1 amide bonds. The minimum Gasteiger partial charge on any atom is -0.335 e. The number of benzene rings is 2. The lowest BCUT2D eigenvalue weighted by Gasteiger charge is -2.33. The fourth-order valence-corrected chi connectivity index (χ4v) is 3.54. The zero-order valence-electron chi connectivity index (χ0n) is 16.9. The lowest BCUT2D eigenvalue weighted by Crippen LogP contribution is -2.48. The normalized spacial score (nSPS) is 15.1. The lowest BCUT2D eigenvalue weighted by molar-refractivity contribution is 0.0643. The van der Waals surface area contributed by atoms with Crippen LogP contribution in [-0.4, -0.2) is 63.4 Å². The minimum absolute atomic E-state index is 0.111. The van der Waals surface area contributed by atoms with E-state index in [1.807, 2.05) is 23.1 Å². The van der Waals surface area contributed by atoms with Gasteiger partial charge in [0.25, 0.3) is 5.91 Å². The predicted octanol–water partition coefficient (Wildman–Crippen LogP) is 3.19. The van der Waals surface area contributed by atoms with Gasteiger partial charge in [0.15, 0.2) is 5.69 Å². The van der Waals surface area contributed by atoms with E-state index in [1.54, 1.807) is 23.7 Å². The monoisotopic (exact) mass is 405 g/mol. The van der Waals surface area contributed by atoms with Crippen molar-refractivity contribution in [3.05, 3.63) is 83.4 Å². The molecule has 2 heterocycles. The van der Waals surface area contributed by atoms with Crippen LogP contribution in [0.1, 0.15) is 21.7 Å². The standard InChI is InChI=1S/C23H24FN5O/c1-18-22(25-26-29(18)21-11-9-20(24)10-12-21)23(30)28-16-14-27(15-17-28)13-5-8-19-6-3-2-4-7-19/h2-12H,13-17H2,1H3/b8-5+. The van der Waals surface area contributed by atoms with E-state index >= 15 is 0 Å². The number of halogens is 1. The van der Waals surface area contributed by atoms with Crippen molar-refractivity contribution in [3.8, 4) is 5.69 Å². The Hall–Kier alpha value is -3.32. The molecule has 30 heavy (non-hydrogen) atoms. The highest BCUT2D eigenvalue weighted by atomic mass is 19.1. The van der Waals surface area contributed by atoms with Crippen molar-refractivity contribution in [1.29, 1.82) is 0 Å². The average molecular weight is 405 g/mol. The molecule has 3 aromatic rings. The molecule has 0 spiro atoms. The molecule has 4 rings (SSSR count). The van der Waals surface area contributed by atoms with Gasteiger partial charge in [-0.1, -0.05) is 47.7 Å². The molecule has 7 heteroatoms. The molecule has 0 N–H and O–H groups in total. The molecule has 0 radical (unpaired) electrons. The van der Waals surface area contributed by atoms with Gasteiger partial charge in [-0.3, -0.25) is 9.69 Å². The predicted molar refractivity (Wildman–Crippen MR) is 114 cm³/mol. The minimum atomic E-state index is -0.315. The fourth-order valence-electron chi connectivity index (χ4n) is 3.54. The highest BCUT2D eigenvalue weighted by Crippen LogP contribution is 2.15. The molecule has 2 aromatic carbocycles. The maximum absolute atomic E-state index is 13.2. The van der Waals surface area contributed by atoms with Crippen LogP contribution in [0.3, 0.4) is 0 Å². The van der Waals surface area contributed by atoms with Gasteiger partial charge in [0.2, 0.25) is 0 Å². The van der Waals surface area contributed by atoms with Gasteiger partial charge in [0.05, 0.1) is 11.4 Å². The van der Waals surface area contributed by atoms with Crippen LogP contribution in [0, 0.1) is 12.7 Å². The third kappa shape index (κ3) is 4.46. The Kier molecular flexibility index (Phi) is 5.99. The number of amides is 1. The van der Waals surface area contributed by atoms with Gasteiger partial charge in [-0.25, -0.2) is 9.07 Å². The van der Waals surface area contributed by atoms with Crippen molar-refractivity contribution in [2.75, 3.05) is 32.7 Å². The third-order valence-corrected chi connectivity index (χ3v) is 5.30. The number of hydrogen-bond acceptors (Lipinski definition) is 4. The van der Waals surface area contributed by atoms with E-state index in [2.05, 4.69) is 39.5 Å². The molecule has 154 valence electrons. The lowest BCUT2D eigenvalue weighted by atomic mass is 10.2. The molecule has 1 aromatic heterocycles. The van der Waals surface area contributed by atoms with Crippen LogP contribution in [0.25, 0.3) is 11.8 Å². The molecule has 0 bridgehead atoms. The Morgan fingerprint density at radius 1 is 1.03 bits per heavy atom. The molecule has 0 unspecified atom stereocenters. The fraction of sp³-hybridized carbons (Fsp3) is 0.261. The molecular weight excluding hydrogens is 381 g/mol. The summed E-state index contributed by atoms with van der Waals surface area (Å²) in [5.41, 5.74) is 2.86. The Labute approximate surface area is 175 Å². The second-order valence-electron chi connectivity index (χ2n) is 7.32. The molecule has 1 aliphatic heterocycles. The number of aromatic nitrogens is 3. The SMILES string of the molecule is Cc1c(C(=O)N2CCN(C/C=C/c3ccccc3)CC2)nnn1-c1ccc(F)cc1. The van der Waals surface area contributed by atoms with E-state index < -0.39 is 0 Å². The van der Waals surface area contributed by atoms with Gasteiger partial charge in [-0.2, -0.15) is 0 Å². The Balaban J connectivity index is 1.34. The second-order valence-corrected chi connectivity index (χ2v) is 7.32. The van der Waals surface area contributed by atoms with Crippen molar-refractivity contribution < 1.29 is 9.18 Å². The summed E-state index contributed by atoms with van der Waals surface area (Å²) in [6.07, 6.45) is 4.28.